The summed E-state index contributed by atoms with van der Waals surface area (Å²) in [6, 6.07) is 10.1. The second kappa shape index (κ2) is 5.08. The minimum absolute atomic E-state index is 0. The number of hydrogen-bond donors (Lipinski definition) is 0. The number of aromatic nitrogens is 1. The van der Waals surface area contributed by atoms with E-state index in [2.05, 4.69) is 17.1 Å². The third-order valence-electron chi connectivity index (χ3n) is 1.54. The Morgan fingerprint density at radius 3 is 2.38 bits per heavy atom. The first-order chi connectivity index (χ1) is 5.86. The first kappa shape index (κ1) is 11.1. The Balaban J connectivity index is 0.000000845. The predicted molar refractivity (Wildman–Crippen MR) is 53.2 cm³/mol. The number of rotatable bonds is 1. The van der Waals surface area contributed by atoms with Gasteiger partial charge in [-0.2, -0.15) is 0 Å². The van der Waals surface area contributed by atoms with Gasteiger partial charge in [0.2, 0.25) is 0 Å². The summed E-state index contributed by atoms with van der Waals surface area (Å²) >= 11 is 6.48. The smallest absolute Gasteiger partial charge is 0.408 e. The van der Waals surface area contributed by atoms with E-state index in [1.54, 1.807) is 11.3 Å². The third kappa shape index (κ3) is 2.76. The Kier molecular flexibility index (Phi) is 4.35. The fourth-order valence-electron chi connectivity index (χ4n) is 0.994. The van der Waals surface area contributed by atoms with Crippen molar-refractivity contribution in [3.63, 3.8) is 0 Å². The Bertz CT molecular complexity index is 372. The van der Waals surface area contributed by atoms with E-state index < -0.39 is 0 Å². The van der Waals surface area contributed by atoms with E-state index in [1.165, 1.54) is 5.56 Å². The molecule has 2 rings (SSSR count). The van der Waals surface area contributed by atoms with Gasteiger partial charge in [-0.05, 0) is 14.8 Å². The molecule has 0 atom stereocenters. The summed E-state index contributed by atoms with van der Waals surface area (Å²) in [7, 11) is 0. The number of thiazole rings is 1. The van der Waals surface area contributed by atoms with Gasteiger partial charge < -0.3 is 24.0 Å². The number of nitrogens with zero attached hydrogens (tertiary/aromatic N) is 1. The quantitative estimate of drug-likeness (QED) is 0.479. The van der Waals surface area contributed by atoms with Crippen LogP contribution in [0.1, 0.15) is 0 Å². The Morgan fingerprint density at radius 2 is 1.85 bits per heavy atom. The first-order valence-electron chi connectivity index (χ1n) is 3.54. The third-order valence-corrected chi connectivity index (χ3v) is 2.74. The van der Waals surface area contributed by atoms with Gasteiger partial charge in [-0.3, -0.25) is 4.98 Å². The zero-order valence-corrected chi connectivity index (χ0v) is 10.9. The molecule has 0 saturated carbocycles. The predicted octanol–water partition coefficient (Wildman–Crippen LogP) is -0.280. The normalized spacial score (nSPS) is 9.23. The minimum atomic E-state index is 0. The largest absolute Gasteiger partial charge is 1.00 e. The molecule has 0 N–H and O–H groups in total. The zero-order chi connectivity index (χ0) is 8.39. The molecule has 1 aromatic carbocycles. The van der Waals surface area contributed by atoms with Gasteiger partial charge in [0.05, 0.1) is 0 Å². The van der Waals surface area contributed by atoms with E-state index in [-0.39, 0.29) is 29.6 Å². The SMILES string of the molecule is [Na+].[S-]c1ncc(-c2ccccc2)s1. The zero-order valence-electron chi connectivity index (χ0n) is 7.23. The first-order valence-corrected chi connectivity index (χ1v) is 4.77. The van der Waals surface area contributed by atoms with Gasteiger partial charge in [0, 0.05) is 6.20 Å². The van der Waals surface area contributed by atoms with Crippen molar-refractivity contribution in [3.05, 3.63) is 36.5 Å². The summed E-state index contributed by atoms with van der Waals surface area (Å²) in [5.74, 6) is 0. The Morgan fingerprint density at radius 1 is 1.15 bits per heavy atom. The van der Waals surface area contributed by atoms with Gasteiger partial charge in [0.15, 0.2) is 0 Å². The number of benzene rings is 1. The number of hydrogen-bond acceptors (Lipinski definition) is 3. The van der Waals surface area contributed by atoms with E-state index in [0.29, 0.717) is 4.34 Å². The van der Waals surface area contributed by atoms with Crippen LogP contribution in [-0.4, -0.2) is 4.98 Å². The molecule has 1 aromatic heterocycles. The summed E-state index contributed by atoms with van der Waals surface area (Å²) in [6.45, 7) is 0. The van der Waals surface area contributed by atoms with Gasteiger partial charge in [0.1, 0.15) is 0 Å². The minimum Gasteiger partial charge on any atom is -0.408 e. The second-order valence-corrected chi connectivity index (χ2v) is 4.03. The van der Waals surface area contributed by atoms with Crippen LogP contribution in [0, 0.1) is 0 Å². The van der Waals surface area contributed by atoms with Crippen molar-refractivity contribution >= 4 is 24.0 Å². The molecular formula is C9H6NNaS2. The molecule has 4 heteroatoms. The van der Waals surface area contributed by atoms with Crippen LogP contribution >= 0.6 is 11.3 Å². The van der Waals surface area contributed by atoms with E-state index in [1.807, 2.05) is 24.4 Å². The maximum absolute atomic E-state index is 4.94. The molecule has 0 aliphatic carbocycles. The molecule has 0 aliphatic heterocycles. The molecule has 0 amide bonds. The van der Waals surface area contributed by atoms with Crippen molar-refractivity contribution in [1.29, 1.82) is 0 Å². The summed E-state index contributed by atoms with van der Waals surface area (Å²) in [4.78, 5) is 5.17. The average Bonchev–Trinajstić information content (AvgIpc) is 2.54. The van der Waals surface area contributed by atoms with Crippen LogP contribution < -0.4 is 29.6 Å². The molecule has 2 aromatic rings. The summed E-state index contributed by atoms with van der Waals surface area (Å²) < 4.78 is 0.703. The maximum atomic E-state index is 4.94. The van der Waals surface area contributed by atoms with E-state index in [9.17, 15) is 0 Å². The van der Waals surface area contributed by atoms with Crippen LogP contribution in [0.3, 0.4) is 0 Å². The topological polar surface area (TPSA) is 12.9 Å². The van der Waals surface area contributed by atoms with Crippen LogP contribution in [0.25, 0.3) is 10.4 Å². The van der Waals surface area contributed by atoms with Crippen molar-refractivity contribution in [2.45, 2.75) is 4.34 Å². The second-order valence-electron chi connectivity index (χ2n) is 2.36. The molecule has 1 heterocycles. The van der Waals surface area contributed by atoms with Crippen LogP contribution in [0.2, 0.25) is 0 Å². The van der Waals surface area contributed by atoms with Gasteiger partial charge in [-0.25, -0.2) is 0 Å². The molecule has 13 heavy (non-hydrogen) atoms. The average molecular weight is 215 g/mol. The van der Waals surface area contributed by atoms with Gasteiger partial charge >= 0.3 is 29.6 Å². The van der Waals surface area contributed by atoms with E-state index in [4.69, 9.17) is 12.6 Å². The molecule has 0 radical (unpaired) electrons. The summed E-state index contributed by atoms with van der Waals surface area (Å²) in [5.41, 5.74) is 1.19. The molecule has 0 spiro atoms. The fraction of sp³-hybridized carbons (Fsp3) is 0. The molecule has 1 nitrogen and oxygen atoms in total. The van der Waals surface area contributed by atoms with Crippen molar-refractivity contribution in [2.75, 3.05) is 0 Å². The van der Waals surface area contributed by atoms with Crippen molar-refractivity contribution in [1.82, 2.24) is 4.98 Å². The molecule has 0 aliphatic rings. The summed E-state index contributed by atoms with van der Waals surface area (Å²) in [5, 5.41) is 0. The molecule has 0 saturated heterocycles. The monoisotopic (exact) mass is 215 g/mol. The van der Waals surface area contributed by atoms with Gasteiger partial charge in [-0.1, -0.05) is 30.3 Å². The molecule has 0 bridgehead atoms. The molecule has 0 fully saturated rings. The maximum Gasteiger partial charge on any atom is 1.00 e. The van der Waals surface area contributed by atoms with Crippen LogP contribution in [-0.2, 0) is 12.6 Å². The standard InChI is InChI=1S/C9H7NS2.Na/c11-9-10-6-8(12-9)7-4-2-1-3-5-7;/h1-6H,(H,10,11);/q;+1/p-1. The van der Waals surface area contributed by atoms with Crippen molar-refractivity contribution < 1.29 is 29.6 Å². The van der Waals surface area contributed by atoms with Crippen LogP contribution in [0.4, 0.5) is 0 Å². The van der Waals surface area contributed by atoms with Crippen LogP contribution in [0.15, 0.2) is 40.9 Å². The molecule has 60 valence electrons. The van der Waals surface area contributed by atoms with Crippen LogP contribution in [0.5, 0.6) is 0 Å². The Labute approximate surface area is 109 Å². The van der Waals surface area contributed by atoms with E-state index in [0.717, 1.165) is 4.88 Å². The van der Waals surface area contributed by atoms with Gasteiger partial charge in [-0.15, -0.1) is 0 Å². The van der Waals surface area contributed by atoms with Gasteiger partial charge in [0.25, 0.3) is 0 Å². The fourth-order valence-corrected chi connectivity index (χ4v) is 1.97. The van der Waals surface area contributed by atoms with Crippen molar-refractivity contribution in [3.8, 4) is 10.4 Å². The molecular weight excluding hydrogens is 209 g/mol. The Hall–Kier alpha value is 0.0700. The van der Waals surface area contributed by atoms with Crippen molar-refractivity contribution in [2.24, 2.45) is 0 Å². The molecule has 0 unspecified atom stereocenters. The van der Waals surface area contributed by atoms with E-state index >= 15 is 0 Å². The summed E-state index contributed by atoms with van der Waals surface area (Å²) in [6.07, 6.45) is 1.82.